The average molecular weight is 136 g/mol. The Balaban J connectivity index is 2.59. The summed E-state index contributed by atoms with van der Waals surface area (Å²) in [5, 5.41) is 0. The van der Waals surface area contributed by atoms with E-state index in [4.69, 9.17) is 11.3 Å². The number of aryl methyl sites for hydroxylation is 1. The van der Waals surface area contributed by atoms with Crippen LogP contribution in [0.3, 0.4) is 0 Å². The lowest BCUT2D eigenvalue weighted by molar-refractivity contribution is 0.134. The third-order valence-corrected chi connectivity index (χ3v) is 1.07. The maximum absolute atomic E-state index is 5.04. The van der Waals surface area contributed by atoms with Crippen molar-refractivity contribution in [3.8, 4) is 12.3 Å². The normalized spacial score (nSPS) is 8.80. The summed E-state index contributed by atoms with van der Waals surface area (Å²) in [5.74, 6) is 2.36. The van der Waals surface area contributed by atoms with E-state index < -0.39 is 0 Å². The van der Waals surface area contributed by atoms with Gasteiger partial charge in [-0.15, -0.1) is 6.42 Å². The van der Waals surface area contributed by atoms with Crippen molar-refractivity contribution >= 4 is 0 Å². The van der Waals surface area contributed by atoms with Crippen LogP contribution in [0.4, 0.5) is 0 Å². The van der Waals surface area contributed by atoms with Gasteiger partial charge in [0.15, 0.2) is 6.61 Å². The Morgan fingerprint density at radius 1 is 1.90 bits per heavy atom. The Labute approximate surface area is 59.6 Å². The molecule has 1 heterocycles. The molecule has 0 aromatic carbocycles. The molecule has 0 radical (unpaired) electrons. The second-order valence-electron chi connectivity index (χ2n) is 1.84. The summed E-state index contributed by atoms with van der Waals surface area (Å²) in [7, 11) is 0. The molecule has 0 spiro atoms. The summed E-state index contributed by atoms with van der Waals surface area (Å²) >= 11 is 0. The topological polar surface area (TPSA) is 27.1 Å². The highest BCUT2D eigenvalue weighted by atomic mass is 16.7. The highest BCUT2D eigenvalue weighted by Gasteiger charge is 1.92. The van der Waals surface area contributed by atoms with Crippen molar-refractivity contribution in [2.45, 2.75) is 6.92 Å². The lowest BCUT2D eigenvalue weighted by atomic mass is 10.6. The summed E-state index contributed by atoms with van der Waals surface area (Å²) in [6, 6.07) is 0. The first-order valence-corrected chi connectivity index (χ1v) is 2.90. The zero-order valence-corrected chi connectivity index (χ0v) is 5.74. The summed E-state index contributed by atoms with van der Waals surface area (Å²) < 4.78 is 1.54. The number of terminal acetylenes is 1. The second kappa shape index (κ2) is 2.92. The van der Waals surface area contributed by atoms with E-state index in [1.807, 2.05) is 6.92 Å². The van der Waals surface area contributed by atoms with Gasteiger partial charge in [-0.25, -0.2) is 4.98 Å². The smallest absolute Gasteiger partial charge is 0.175 e. The van der Waals surface area contributed by atoms with Gasteiger partial charge in [-0.05, 0) is 6.92 Å². The third kappa shape index (κ3) is 1.29. The van der Waals surface area contributed by atoms with Gasteiger partial charge in [-0.1, -0.05) is 5.92 Å². The Hall–Kier alpha value is -1.43. The monoisotopic (exact) mass is 136 g/mol. The Kier molecular flexibility index (Phi) is 1.96. The molecule has 0 aliphatic heterocycles. The van der Waals surface area contributed by atoms with Gasteiger partial charge in [-0.3, -0.25) is 0 Å². The predicted octanol–water partition coefficient (Wildman–Crippen LogP) is 0.253. The minimum Gasteiger partial charge on any atom is -0.400 e. The molecule has 1 aromatic heterocycles. The summed E-state index contributed by atoms with van der Waals surface area (Å²) in [4.78, 5) is 8.89. The first-order chi connectivity index (χ1) is 4.84. The second-order valence-corrected chi connectivity index (χ2v) is 1.84. The van der Waals surface area contributed by atoms with E-state index in [1.54, 1.807) is 17.3 Å². The van der Waals surface area contributed by atoms with Crippen LogP contribution in [-0.2, 0) is 0 Å². The van der Waals surface area contributed by atoms with Crippen LogP contribution in [0.5, 0.6) is 0 Å². The summed E-state index contributed by atoms with van der Waals surface area (Å²) in [6.07, 6.45) is 8.27. The van der Waals surface area contributed by atoms with E-state index in [0.717, 1.165) is 5.69 Å². The molecule has 0 atom stereocenters. The van der Waals surface area contributed by atoms with E-state index in [1.165, 1.54) is 0 Å². The van der Waals surface area contributed by atoms with Crippen LogP contribution in [0.2, 0.25) is 0 Å². The quantitative estimate of drug-likeness (QED) is 0.545. The molecule has 0 aliphatic rings. The van der Waals surface area contributed by atoms with Gasteiger partial charge in [0.25, 0.3) is 0 Å². The molecule has 0 bridgehead atoms. The molecule has 1 rings (SSSR count). The van der Waals surface area contributed by atoms with Crippen LogP contribution in [0.25, 0.3) is 0 Å². The van der Waals surface area contributed by atoms with Crippen LogP contribution in [0.1, 0.15) is 5.69 Å². The van der Waals surface area contributed by atoms with Crippen molar-refractivity contribution in [1.29, 1.82) is 0 Å². The Morgan fingerprint density at radius 3 is 3.20 bits per heavy atom. The zero-order chi connectivity index (χ0) is 7.40. The Morgan fingerprint density at radius 2 is 2.70 bits per heavy atom. The number of hydrogen-bond donors (Lipinski definition) is 0. The van der Waals surface area contributed by atoms with E-state index in [9.17, 15) is 0 Å². The highest BCUT2D eigenvalue weighted by Crippen LogP contribution is 1.91. The fourth-order valence-electron chi connectivity index (χ4n) is 0.592. The lowest BCUT2D eigenvalue weighted by Gasteiger charge is -2.02. The molecular formula is C7H8N2O. The molecule has 0 amide bonds. The number of hydrogen-bond acceptors (Lipinski definition) is 2. The molecule has 0 aliphatic carbocycles. The van der Waals surface area contributed by atoms with Crippen LogP contribution < -0.4 is 4.84 Å². The van der Waals surface area contributed by atoms with Crippen molar-refractivity contribution in [3.05, 3.63) is 18.2 Å². The number of aromatic nitrogens is 2. The summed E-state index contributed by atoms with van der Waals surface area (Å²) in [6.45, 7) is 2.17. The van der Waals surface area contributed by atoms with E-state index in [2.05, 4.69) is 10.9 Å². The van der Waals surface area contributed by atoms with Crippen molar-refractivity contribution in [1.82, 2.24) is 9.71 Å². The maximum atomic E-state index is 5.04. The van der Waals surface area contributed by atoms with Crippen molar-refractivity contribution < 1.29 is 4.84 Å². The van der Waals surface area contributed by atoms with Gasteiger partial charge >= 0.3 is 0 Å². The maximum Gasteiger partial charge on any atom is 0.175 e. The molecule has 10 heavy (non-hydrogen) atoms. The predicted molar refractivity (Wildman–Crippen MR) is 37.2 cm³/mol. The molecular weight excluding hydrogens is 128 g/mol. The largest absolute Gasteiger partial charge is 0.400 e. The van der Waals surface area contributed by atoms with Crippen molar-refractivity contribution in [3.63, 3.8) is 0 Å². The van der Waals surface area contributed by atoms with Crippen molar-refractivity contribution in [2.75, 3.05) is 6.61 Å². The molecule has 0 unspecified atom stereocenters. The number of rotatable bonds is 2. The Bertz CT molecular complexity index is 246. The minimum absolute atomic E-state index is 0.275. The first-order valence-electron chi connectivity index (χ1n) is 2.90. The highest BCUT2D eigenvalue weighted by molar-refractivity contribution is 4.92. The zero-order valence-electron chi connectivity index (χ0n) is 5.74. The van der Waals surface area contributed by atoms with Gasteiger partial charge in [0.05, 0.1) is 11.9 Å². The molecule has 0 fully saturated rings. The van der Waals surface area contributed by atoms with Gasteiger partial charge in [-0.2, -0.15) is 4.73 Å². The average Bonchev–Trinajstić information content (AvgIpc) is 2.31. The molecule has 0 N–H and O–H groups in total. The number of imidazole rings is 1. The SMILES string of the molecule is C#CCOn1cncc1C. The van der Waals surface area contributed by atoms with Crippen LogP contribution in [-0.4, -0.2) is 16.3 Å². The lowest BCUT2D eigenvalue weighted by Crippen LogP contribution is -2.11. The van der Waals surface area contributed by atoms with Crippen LogP contribution >= 0.6 is 0 Å². The molecule has 1 aromatic rings. The minimum atomic E-state index is 0.275. The molecule has 0 saturated carbocycles. The van der Waals surface area contributed by atoms with Crippen molar-refractivity contribution in [2.24, 2.45) is 0 Å². The van der Waals surface area contributed by atoms with Gasteiger partial charge < -0.3 is 4.84 Å². The molecule has 52 valence electrons. The first kappa shape index (κ1) is 6.69. The standard InChI is InChI=1S/C7H8N2O/c1-3-4-10-9-6-8-5-7(9)2/h1,5-6H,4H2,2H3. The third-order valence-electron chi connectivity index (χ3n) is 1.07. The van der Waals surface area contributed by atoms with Crippen LogP contribution in [0.15, 0.2) is 12.5 Å². The number of nitrogens with zero attached hydrogens (tertiary/aromatic N) is 2. The van der Waals surface area contributed by atoms with E-state index in [0.29, 0.717) is 0 Å². The van der Waals surface area contributed by atoms with E-state index >= 15 is 0 Å². The molecule has 0 saturated heterocycles. The molecule has 3 heteroatoms. The van der Waals surface area contributed by atoms with Crippen LogP contribution in [0, 0.1) is 19.3 Å². The fourth-order valence-corrected chi connectivity index (χ4v) is 0.592. The molecule has 3 nitrogen and oxygen atoms in total. The van der Waals surface area contributed by atoms with Gasteiger partial charge in [0.2, 0.25) is 0 Å². The van der Waals surface area contributed by atoms with E-state index in [-0.39, 0.29) is 6.61 Å². The fraction of sp³-hybridized carbons (Fsp3) is 0.286. The summed E-state index contributed by atoms with van der Waals surface area (Å²) in [5.41, 5.74) is 0.940. The van der Waals surface area contributed by atoms with Gasteiger partial charge in [0, 0.05) is 0 Å². The van der Waals surface area contributed by atoms with Gasteiger partial charge in [0.1, 0.15) is 6.33 Å².